The van der Waals surface area contributed by atoms with E-state index in [2.05, 4.69) is 37.8 Å². The number of aromatic nitrogens is 4. The average Bonchev–Trinajstić information content (AvgIpc) is 3.60. The summed E-state index contributed by atoms with van der Waals surface area (Å²) < 4.78 is 49.2. The maximum Gasteiger partial charge on any atom is 0.447 e. The number of imidazole rings is 2. The molecule has 0 saturated carbocycles. The van der Waals surface area contributed by atoms with Crippen molar-refractivity contribution in [1.29, 1.82) is 0 Å². The van der Waals surface area contributed by atoms with Gasteiger partial charge in [0.1, 0.15) is 16.5 Å². The van der Waals surface area contributed by atoms with Gasteiger partial charge >= 0.3 is 5.51 Å². The minimum Gasteiger partial charge on any atom is -0.495 e. The first-order valence-electron chi connectivity index (χ1n) is 11.9. The number of amides is 1. The number of hydrogen-bond acceptors (Lipinski definition) is 7. The number of anilines is 2. The molecule has 3 N–H and O–H groups in total. The van der Waals surface area contributed by atoms with Crippen LogP contribution in [0.4, 0.5) is 24.5 Å². The molecule has 9 nitrogen and oxygen atoms in total. The summed E-state index contributed by atoms with van der Waals surface area (Å²) in [5.74, 6) is 5.83. The second kappa shape index (κ2) is 10.8. The Morgan fingerprint density at radius 2 is 2.13 bits per heavy atom. The fraction of sp³-hybridized carbons (Fsp3) is 0.269. The zero-order chi connectivity index (χ0) is 27.6. The van der Waals surface area contributed by atoms with Crippen molar-refractivity contribution in [2.75, 3.05) is 31.3 Å². The Labute approximate surface area is 226 Å². The molecule has 4 aromatic rings. The molecule has 3 aromatic heterocycles. The molecule has 202 valence electrons. The Balaban J connectivity index is 1.39. The van der Waals surface area contributed by atoms with Crippen molar-refractivity contribution in [2.45, 2.75) is 29.5 Å². The molecule has 1 aliphatic rings. The Hall–Kier alpha value is -4.31. The maximum atomic E-state index is 13.5. The standard InChI is InChI=1S/C26H24F3N7O2S/c1-30-24(37)16-7-8-19(22(11-16)38-2)32-9-3-5-21-25(39-26(27,28)29)36-10-4-6-20(23(36)34-21)33-17-12-18-13-31-15-35(18)14-17/h4,6-8,10-11,13,15,17,32-33H,9,12,14H2,1-2H3,(H,30,37)/t17-/m0/s1. The molecule has 4 heterocycles. The minimum atomic E-state index is -4.52. The van der Waals surface area contributed by atoms with Gasteiger partial charge < -0.3 is 25.3 Å². The number of thioether (sulfide) groups is 1. The molecule has 0 bridgehead atoms. The Kier molecular flexibility index (Phi) is 7.30. The Morgan fingerprint density at radius 3 is 2.87 bits per heavy atom. The Bertz CT molecular complexity index is 1570. The van der Waals surface area contributed by atoms with Gasteiger partial charge in [0.15, 0.2) is 5.65 Å². The topological polar surface area (TPSA) is 97.5 Å². The van der Waals surface area contributed by atoms with E-state index in [1.165, 1.54) is 18.6 Å². The van der Waals surface area contributed by atoms with Gasteiger partial charge in [-0.05, 0) is 36.3 Å². The molecule has 1 amide bonds. The number of hydrogen-bond donors (Lipinski definition) is 3. The van der Waals surface area contributed by atoms with E-state index < -0.39 is 5.51 Å². The first kappa shape index (κ1) is 26.3. The van der Waals surface area contributed by atoms with Crippen LogP contribution in [0.5, 0.6) is 5.75 Å². The SMILES string of the molecule is CNC(=O)c1ccc(NCC#Cc2nc3c(N[C@H]4Cc5cncn5C4)cccn3c2SC(F)(F)F)c(OC)c1. The van der Waals surface area contributed by atoms with Crippen LogP contribution in [0.1, 0.15) is 21.7 Å². The average molecular weight is 556 g/mol. The summed E-state index contributed by atoms with van der Waals surface area (Å²) in [6.45, 7) is 0.812. The lowest BCUT2D eigenvalue weighted by molar-refractivity contribution is -0.0330. The molecule has 0 fully saturated rings. The van der Waals surface area contributed by atoms with Crippen molar-refractivity contribution in [2.24, 2.45) is 0 Å². The normalized spacial score (nSPS) is 14.4. The molecule has 1 atom stereocenters. The van der Waals surface area contributed by atoms with Gasteiger partial charge in [0.05, 0.1) is 31.4 Å². The molecule has 39 heavy (non-hydrogen) atoms. The summed E-state index contributed by atoms with van der Waals surface area (Å²) in [6, 6.07) is 8.43. The van der Waals surface area contributed by atoms with Crippen LogP contribution in [0, 0.1) is 11.8 Å². The van der Waals surface area contributed by atoms with Gasteiger partial charge in [-0.15, -0.1) is 0 Å². The van der Waals surface area contributed by atoms with E-state index in [1.54, 1.807) is 42.9 Å². The number of alkyl halides is 3. The summed E-state index contributed by atoms with van der Waals surface area (Å²) in [4.78, 5) is 20.5. The monoisotopic (exact) mass is 555 g/mol. The first-order valence-corrected chi connectivity index (χ1v) is 12.7. The minimum absolute atomic E-state index is 0.0252. The van der Waals surface area contributed by atoms with Crippen LogP contribution in [-0.2, 0) is 13.0 Å². The zero-order valence-corrected chi connectivity index (χ0v) is 21.8. The third-order valence-electron chi connectivity index (χ3n) is 6.11. The number of pyridine rings is 1. The van der Waals surface area contributed by atoms with E-state index in [0.717, 1.165) is 12.1 Å². The van der Waals surface area contributed by atoms with Gasteiger partial charge in [0, 0.05) is 61.5 Å². The van der Waals surface area contributed by atoms with E-state index in [1.807, 2.05) is 10.8 Å². The predicted molar refractivity (Wildman–Crippen MR) is 142 cm³/mol. The summed E-state index contributed by atoms with van der Waals surface area (Å²) in [6.07, 6.45) is 5.87. The fourth-order valence-corrected chi connectivity index (χ4v) is 5.05. The lowest BCUT2D eigenvalue weighted by Crippen LogP contribution is -2.21. The van der Waals surface area contributed by atoms with Crippen LogP contribution in [-0.4, -0.2) is 57.1 Å². The number of halogens is 3. The summed E-state index contributed by atoms with van der Waals surface area (Å²) in [5.41, 5.74) is -1.40. The van der Waals surface area contributed by atoms with Crippen molar-refractivity contribution in [3.05, 3.63) is 66.0 Å². The Morgan fingerprint density at radius 1 is 1.28 bits per heavy atom. The highest BCUT2D eigenvalue weighted by Gasteiger charge is 2.33. The van der Waals surface area contributed by atoms with E-state index in [-0.39, 0.29) is 41.0 Å². The summed E-state index contributed by atoms with van der Waals surface area (Å²) in [7, 11) is 3.01. The number of methoxy groups -OCH3 is 1. The molecule has 1 aliphatic heterocycles. The van der Waals surface area contributed by atoms with Crippen LogP contribution in [0.15, 0.2) is 54.1 Å². The highest BCUT2D eigenvalue weighted by Crippen LogP contribution is 2.39. The molecular weight excluding hydrogens is 531 g/mol. The molecule has 1 aromatic carbocycles. The number of ether oxygens (including phenoxy) is 1. The number of nitrogens with one attached hydrogen (secondary N) is 3. The van der Waals surface area contributed by atoms with Crippen LogP contribution in [0.3, 0.4) is 0 Å². The third kappa shape index (κ3) is 5.75. The number of nitrogens with zero attached hydrogens (tertiary/aromatic N) is 4. The lowest BCUT2D eigenvalue weighted by Gasteiger charge is -2.14. The van der Waals surface area contributed by atoms with Crippen molar-refractivity contribution in [1.82, 2.24) is 24.3 Å². The molecule has 0 unspecified atom stereocenters. The number of fused-ring (bicyclic) bond motifs is 2. The van der Waals surface area contributed by atoms with E-state index in [4.69, 9.17) is 4.74 Å². The van der Waals surface area contributed by atoms with Gasteiger partial charge in [-0.25, -0.2) is 9.97 Å². The number of carbonyl (C=O) groups excluding carboxylic acids is 1. The molecule has 0 aliphatic carbocycles. The van der Waals surface area contributed by atoms with Crippen LogP contribution >= 0.6 is 11.8 Å². The first-order chi connectivity index (χ1) is 18.8. The highest BCUT2D eigenvalue weighted by molar-refractivity contribution is 8.00. The third-order valence-corrected chi connectivity index (χ3v) is 6.93. The van der Waals surface area contributed by atoms with E-state index in [9.17, 15) is 18.0 Å². The summed E-state index contributed by atoms with van der Waals surface area (Å²) >= 11 is -0.247. The quantitative estimate of drug-likeness (QED) is 0.234. The van der Waals surface area contributed by atoms with E-state index in [0.29, 0.717) is 34.9 Å². The number of carbonyl (C=O) groups is 1. The van der Waals surface area contributed by atoms with Gasteiger partial charge in [-0.3, -0.25) is 9.20 Å². The zero-order valence-electron chi connectivity index (χ0n) is 21.0. The molecule has 13 heteroatoms. The second-order valence-corrected chi connectivity index (χ2v) is 9.71. The summed E-state index contributed by atoms with van der Waals surface area (Å²) in [5, 5.41) is 8.92. The van der Waals surface area contributed by atoms with Crippen molar-refractivity contribution < 1.29 is 22.7 Å². The van der Waals surface area contributed by atoms with Crippen LogP contribution < -0.4 is 20.7 Å². The van der Waals surface area contributed by atoms with Crippen molar-refractivity contribution in [3.8, 4) is 17.6 Å². The fourth-order valence-electron chi connectivity index (χ4n) is 4.39. The number of rotatable bonds is 7. The molecular formula is C26H24F3N7O2S. The molecule has 0 radical (unpaired) electrons. The van der Waals surface area contributed by atoms with Gasteiger partial charge in [0.25, 0.3) is 5.91 Å². The van der Waals surface area contributed by atoms with Crippen LogP contribution in [0.25, 0.3) is 5.65 Å². The maximum absolute atomic E-state index is 13.5. The molecule has 5 rings (SSSR count). The van der Waals surface area contributed by atoms with Gasteiger partial charge in [-0.1, -0.05) is 5.92 Å². The van der Waals surface area contributed by atoms with Crippen molar-refractivity contribution >= 4 is 34.7 Å². The smallest absolute Gasteiger partial charge is 0.447 e. The number of benzene rings is 1. The van der Waals surface area contributed by atoms with Gasteiger partial charge in [-0.2, -0.15) is 13.2 Å². The lowest BCUT2D eigenvalue weighted by atomic mass is 10.1. The van der Waals surface area contributed by atoms with Gasteiger partial charge in [0.2, 0.25) is 0 Å². The largest absolute Gasteiger partial charge is 0.495 e. The van der Waals surface area contributed by atoms with Crippen molar-refractivity contribution in [3.63, 3.8) is 0 Å². The predicted octanol–water partition coefficient (Wildman–Crippen LogP) is 4.01. The highest BCUT2D eigenvalue weighted by atomic mass is 32.2. The molecule has 0 spiro atoms. The van der Waals surface area contributed by atoms with E-state index >= 15 is 0 Å². The van der Waals surface area contributed by atoms with Crippen LogP contribution in [0.2, 0.25) is 0 Å². The molecule has 0 saturated heterocycles. The second-order valence-electron chi connectivity index (χ2n) is 8.66.